The smallest absolute Gasteiger partial charge is 0.433 e. The zero-order valence-corrected chi connectivity index (χ0v) is 13.1. The number of nitrogens with one attached hydrogen (secondary N) is 1. The summed E-state index contributed by atoms with van der Waals surface area (Å²) in [4.78, 5) is 14.9. The van der Waals surface area contributed by atoms with Crippen molar-refractivity contribution in [2.45, 2.75) is 57.5 Å². The molecule has 1 heterocycles. The third-order valence-electron chi connectivity index (χ3n) is 3.15. The number of alkyl carbamates (subject to hydrolysis) is 1. The molecule has 1 amide bonds. The topological polar surface area (TPSA) is 60.5 Å². The minimum atomic E-state index is -4.46. The first-order valence-corrected chi connectivity index (χ1v) is 7.22. The van der Waals surface area contributed by atoms with E-state index in [1.807, 2.05) is 0 Å². The highest BCUT2D eigenvalue weighted by molar-refractivity contribution is 5.68. The third-order valence-corrected chi connectivity index (χ3v) is 3.15. The number of nitrogens with zero attached hydrogens (tertiary/aromatic N) is 1. The van der Waals surface area contributed by atoms with E-state index in [-0.39, 0.29) is 17.9 Å². The molecule has 0 unspecified atom stereocenters. The number of rotatable bonds is 3. The van der Waals surface area contributed by atoms with E-state index in [0.717, 1.165) is 12.3 Å². The second-order valence-corrected chi connectivity index (χ2v) is 6.43. The van der Waals surface area contributed by atoms with Crippen LogP contribution in [0.4, 0.5) is 18.0 Å². The molecule has 1 aliphatic carbocycles. The summed E-state index contributed by atoms with van der Waals surface area (Å²) in [6.07, 6.45) is -2.92. The van der Waals surface area contributed by atoms with Crippen molar-refractivity contribution in [3.05, 3.63) is 24.0 Å². The van der Waals surface area contributed by atoms with Gasteiger partial charge in [-0.15, -0.1) is 0 Å². The first-order chi connectivity index (χ1) is 10.5. The van der Waals surface area contributed by atoms with E-state index in [0.29, 0.717) is 12.8 Å². The second-order valence-electron chi connectivity index (χ2n) is 6.43. The average Bonchev–Trinajstić information content (AvgIpc) is 2.33. The van der Waals surface area contributed by atoms with Crippen LogP contribution in [0.15, 0.2) is 18.3 Å². The van der Waals surface area contributed by atoms with Crippen LogP contribution < -0.4 is 10.1 Å². The van der Waals surface area contributed by atoms with E-state index in [2.05, 4.69) is 10.3 Å². The molecule has 0 atom stereocenters. The van der Waals surface area contributed by atoms with Gasteiger partial charge in [0.15, 0.2) is 0 Å². The number of aromatic nitrogens is 1. The molecule has 128 valence electrons. The monoisotopic (exact) mass is 332 g/mol. The molecule has 0 radical (unpaired) electrons. The van der Waals surface area contributed by atoms with Crippen LogP contribution in [-0.4, -0.2) is 28.8 Å². The predicted molar refractivity (Wildman–Crippen MR) is 76.0 cm³/mol. The summed E-state index contributed by atoms with van der Waals surface area (Å²) in [5, 5.41) is 2.71. The number of halogens is 3. The lowest BCUT2D eigenvalue weighted by molar-refractivity contribution is -0.141. The van der Waals surface area contributed by atoms with Crippen LogP contribution in [0.2, 0.25) is 0 Å². The van der Waals surface area contributed by atoms with E-state index in [1.165, 1.54) is 6.07 Å². The van der Waals surface area contributed by atoms with Crippen molar-refractivity contribution < 1.29 is 27.4 Å². The molecule has 2 rings (SSSR count). The maximum Gasteiger partial charge on any atom is 0.433 e. The highest BCUT2D eigenvalue weighted by Crippen LogP contribution is 2.30. The first kappa shape index (κ1) is 17.4. The molecule has 0 aromatic carbocycles. The van der Waals surface area contributed by atoms with Crippen molar-refractivity contribution in [2.24, 2.45) is 0 Å². The standard InChI is InChI=1S/C15H19F3N2O3/c1-14(2,3)23-13(21)20-9-6-11(7-9)22-10-4-5-12(19-8-10)15(16,17)18/h4-5,8-9,11H,6-7H2,1-3H3,(H,20,21)/t9-,11-. The minimum absolute atomic E-state index is 0.0581. The molecule has 0 saturated heterocycles. The van der Waals surface area contributed by atoms with Crippen molar-refractivity contribution in [3.8, 4) is 5.75 Å². The Morgan fingerprint density at radius 1 is 1.26 bits per heavy atom. The van der Waals surface area contributed by atoms with E-state index >= 15 is 0 Å². The minimum Gasteiger partial charge on any atom is -0.489 e. The number of ether oxygens (including phenoxy) is 2. The van der Waals surface area contributed by atoms with Crippen LogP contribution in [0.1, 0.15) is 39.3 Å². The summed E-state index contributed by atoms with van der Waals surface area (Å²) in [6, 6.07) is 2.06. The van der Waals surface area contributed by atoms with Gasteiger partial charge in [-0.3, -0.25) is 0 Å². The van der Waals surface area contributed by atoms with Gasteiger partial charge in [-0.25, -0.2) is 9.78 Å². The number of alkyl halides is 3. The number of hydrogen-bond donors (Lipinski definition) is 1. The van der Waals surface area contributed by atoms with E-state index in [4.69, 9.17) is 9.47 Å². The molecule has 0 bridgehead atoms. The lowest BCUT2D eigenvalue weighted by Gasteiger charge is -2.36. The second kappa shape index (κ2) is 6.25. The maximum atomic E-state index is 12.4. The Hall–Kier alpha value is -1.99. The van der Waals surface area contributed by atoms with E-state index in [9.17, 15) is 18.0 Å². The SMILES string of the molecule is CC(C)(C)OC(=O)N[C@H]1C[C@H](Oc2ccc(C(F)(F)F)nc2)C1. The van der Waals surface area contributed by atoms with Gasteiger partial charge in [-0.2, -0.15) is 13.2 Å². The molecule has 8 heteroatoms. The Morgan fingerprint density at radius 3 is 2.39 bits per heavy atom. The summed E-state index contributed by atoms with van der Waals surface area (Å²) >= 11 is 0. The highest BCUT2D eigenvalue weighted by Gasteiger charge is 2.34. The van der Waals surface area contributed by atoms with Gasteiger partial charge >= 0.3 is 12.3 Å². The quantitative estimate of drug-likeness (QED) is 0.920. The van der Waals surface area contributed by atoms with Crippen LogP contribution in [0.5, 0.6) is 5.75 Å². The number of amides is 1. The molecule has 23 heavy (non-hydrogen) atoms. The largest absolute Gasteiger partial charge is 0.489 e. The number of pyridine rings is 1. The van der Waals surface area contributed by atoms with Gasteiger partial charge in [-0.1, -0.05) is 0 Å². The Morgan fingerprint density at radius 2 is 1.91 bits per heavy atom. The van der Waals surface area contributed by atoms with Gasteiger partial charge < -0.3 is 14.8 Å². The molecule has 1 saturated carbocycles. The van der Waals surface area contributed by atoms with Gasteiger partial charge in [0, 0.05) is 18.9 Å². The lowest BCUT2D eigenvalue weighted by Crippen LogP contribution is -2.50. The fourth-order valence-electron chi connectivity index (χ4n) is 2.06. The molecular formula is C15H19F3N2O3. The number of carbonyl (C=O) groups is 1. The number of hydrogen-bond acceptors (Lipinski definition) is 4. The summed E-state index contributed by atoms with van der Waals surface area (Å²) < 4.78 is 47.8. The molecule has 0 aliphatic heterocycles. The summed E-state index contributed by atoms with van der Waals surface area (Å²) in [7, 11) is 0. The molecule has 1 aromatic heterocycles. The van der Waals surface area contributed by atoms with Crippen molar-refractivity contribution in [1.82, 2.24) is 10.3 Å². The summed E-state index contributed by atoms with van der Waals surface area (Å²) in [6.45, 7) is 5.32. The van der Waals surface area contributed by atoms with Crippen molar-refractivity contribution in [3.63, 3.8) is 0 Å². The zero-order valence-electron chi connectivity index (χ0n) is 13.1. The molecule has 0 spiro atoms. The fraction of sp³-hybridized carbons (Fsp3) is 0.600. The molecule has 1 fully saturated rings. The van der Waals surface area contributed by atoms with E-state index in [1.54, 1.807) is 20.8 Å². The van der Waals surface area contributed by atoms with Crippen LogP contribution >= 0.6 is 0 Å². The fourth-order valence-corrected chi connectivity index (χ4v) is 2.06. The van der Waals surface area contributed by atoms with Gasteiger partial charge in [0.1, 0.15) is 23.1 Å². The van der Waals surface area contributed by atoms with Crippen molar-refractivity contribution >= 4 is 6.09 Å². The van der Waals surface area contributed by atoms with E-state index < -0.39 is 23.6 Å². The molecule has 1 aliphatic rings. The molecular weight excluding hydrogens is 313 g/mol. The number of carbonyl (C=O) groups excluding carboxylic acids is 1. The maximum absolute atomic E-state index is 12.4. The molecule has 1 aromatic rings. The molecule has 1 N–H and O–H groups in total. The predicted octanol–water partition coefficient (Wildman–Crippen LogP) is 3.53. The van der Waals surface area contributed by atoms with Crippen molar-refractivity contribution in [2.75, 3.05) is 0 Å². The summed E-state index contributed by atoms with van der Waals surface area (Å²) in [5.74, 6) is 0.277. The van der Waals surface area contributed by atoms with Gasteiger partial charge in [0.25, 0.3) is 0 Å². The van der Waals surface area contributed by atoms with Crippen LogP contribution in [0, 0.1) is 0 Å². The van der Waals surface area contributed by atoms with Gasteiger partial charge in [-0.05, 0) is 32.9 Å². The van der Waals surface area contributed by atoms with Crippen LogP contribution in [-0.2, 0) is 10.9 Å². The average molecular weight is 332 g/mol. The Kier molecular flexibility index (Phi) is 4.72. The zero-order chi connectivity index (χ0) is 17.3. The van der Waals surface area contributed by atoms with Crippen LogP contribution in [0.25, 0.3) is 0 Å². The van der Waals surface area contributed by atoms with Crippen molar-refractivity contribution in [1.29, 1.82) is 0 Å². The third kappa shape index (κ3) is 5.30. The Balaban J connectivity index is 1.75. The van der Waals surface area contributed by atoms with Gasteiger partial charge in [0.2, 0.25) is 0 Å². The molecule has 5 nitrogen and oxygen atoms in total. The normalized spacial score (nSPS) is 21.3. The van der Waals surface area contributed by atoms with Crippen LogP contribution in [0.3, 0.4) is 0 Å². The Bertz CT molecular complexity index is 547. The Labute approximate surface area is 132 Å². The van der Waals surface area contributed by atoms with Gasteiger partial charge in [0.05, 0.1) is 6.20 Å². The summed E-state index contributed by atoms with van der Waals surface area (Å²) in [5.41, 5.74) is -1.52. The lowest BCUT2D eigenvalue weighted by atomic mass is 9.89. The first-order valence-electron chi connectivity index (χ1n) is 7.22. The highest BCUT2D eigenvalue weighted by atomic mass is 19.4.